The summed E-state index contributed by atoms with van der Waals surface area (Å²) in [6.45, 7) is 5.88. The van der Waals surface area contributed by atoms with Crippen LogP contribution in [0.5, 0.6) is 0 Å². The highest BCUT2D eigenvalue weighted by Crippen LogP contribution is 2.21. The summed E-state index contributed by atoms with van der Waals surface area (Å²) < 4.78 is 41.4. The molecule has 2 N–H and O–H groups in total. The van der Waals surface area contributed by atoms with E-state index in [1.807, 2.05) is 0 Å². The highest BCUT2D eigenvalue weighted by Gasteiger charge is 2.28. The third-order valence-corrected chi connectivity index (χ3v) is 3.74. The third-order valence-electron chi connectivity index (χ3n) is 2.84. The minimum Gasteiger partial charge on any atom is -0.478 e. The van der Waals surface area contributed by atoms with Crippen molar-refractivity contribution in [3.05, 3.63) is 41.5 Å². The zero-order chi connectivity index (χ0) is 19.4. The van der Waals surface area contributed by atoms with Crippen LogP contribution in [0.4, 0.5) is 0 Å². The van der Waals surface area contributed by atoms with Gasteiger partial charge in [-0.2, -0.15) is 8.42 Å². The van der Waals surface area contributed by atoms with Gasteiger partial charge in [0.1, 0.15) is 17.6 Å². The van der Waals surface area contributed by atoms with Crippen LogP contribution in [0.1, 0.15) is 34.6 Å². The molecule has 0 fully saturated rings. The van der Waals surface area contributed by atoms with Gasteiger partial charge in [-0.25, -0.2) is 14.4 Å². The molecule has 1 aromatic rings. The summed E-state index contributed by atoms with van der Waals surface area (Å²) in [4.78, 5) is 33.8. The minimum atomic E-state index is -4.86. The third kappa shape index (κ3) is 5.40. The van der Waals surface area contributed by atoms with E-state index in [9.17, 15) is 22.8 Å². The van der Waals surface area contributed by atoms with E-state index >= 15 is 0 Å². The molecule has 0 aliphatic heterocycles. The highest BCUT2D eigenvalue weighted by molar-refractivity contribution is 7.86. The van der Waals surface area contributed by atoms with Gasteiger partial charge < -0.3 is 14.6 Å². The van der Waals surface area contributed by atoms with Crippen molar-refractivity contribution in [3.8, 4) is 0 Å². The molecule has 1 aromatic carbocycles. The van der Waals surface area contributed by atoms with Gasteiger partial charge in [0.2, 0.25) is 0 Å². The van der Waals surface area contributed by atoms with Crippen LogP contribution in [0.15, 0.2) is 35.2 Å². The van der Waals surface area contributed by atoms with Gasteiger partial charge in [0, 0.05) is 5.57 Å². The summed E-state index contributed by atoms with van der Waals surface area (Å²) in [5.74, 6) is -3.58. The maximum atomic E-state index is 12.1. The number of aromatic carboxylic acids is 1. The second-order valence-corrected chi connectivity index (χ2v) is 6.44. The van der Waals surface area contributed by atoms with E-state index in [1.165, 1.54) is 13.8 Å². The number of hydrogen-bond acceptors (Lipinski definition) is 7. The van der Waals surface area contributed by atoms with Crippen molar-refractivity contribution >= 4 is 28.0 Å². The Kier molecular flexibility index (Phi) is 6.42. The lowest BCUT2D eigenvalue weighted by molar-refractivity contribution is -0.141. The molecule has 1 unspecified atom stereocenters. The molecule has 0 bridgehead atoms. The lowest BCUT2D eigenvalue weighted by Crippen LogP contribution is -2.24. The van der Waals surface area contributed by atoms with Crippen molar-refractivity contribution in [1.82, 2.24) is 0 Å². The Labute approximate surface area is 143 Å². The number of carbonyl (C=O) groups is 3. The predicted molar refractivity (Wildman–Crippen MR) is 83.9 cm³/mol. The largest absolute Gasteiger partial charge is 0.478 e. The Hall–Kier alpha value is -2.72. The van der Waals surface area contributed by atoms with Crippen LogP contribution in [-0.2, 0) is 24.4 Å². The molecule has 0 radical (unpaired) electrons. The lowest BCUT2D eigenvalue weighted by Gasteiger charge is -2.15. The number of esters is 2. The molecular formula is C15H16O9S. The standard InChI is InChI=1S/C15H16O9S/c1-8(2)14(18)23-7-9(3)24-15(19)10-5-4-6-11(25(20,21)22)12(10)13(16)17/h4-6,9H,1,7H2,2-3H3,(H,16,17)(H,20,21,22). The molecule has 0 heterocycles. The van der Waals surface area contributed by atoms with Crippen molar-refractivity contribution in [2.24, 2.45) is 0 Å². The summed E-state index contributed by atoms with van der Waals surface area (Å²) in [6.07, 6.45) is -0.938. The van der Waals surface area contributed by atoms with Crippen molar-refractivity contribution in [1.29, 1.82) is 0 Å². The van der Waals surface area contributed by atoms with Crippen LogP contribution in [0.25, 0.3) is 0 Å². The van der Waals surface area contributed by atoms with Crippen molar-refractivity contribution in [2.45, 2.75) is 24.8 Å². The number of hydrogen-bond donors (Lipinski definition) is 2. The molecule has 0 saturated carbocycles. The molecule has 0 aromatic heterocycles. The van der Waals surface area contributed by atoms with Gasteiger partial charge in [-0.15, -0.1) is 0 Å². The lowest BCUT2D eigenvalue weighted by atomic mass is 10.1. The van der Waals surface area contributed by atoms with Crippen LogP contribution >= 0.6 is 0 Å². The molecule has 25 heavy (non-hydrogen) atoms. The van der Waals surface area contributed by atoms with E-state index in [2.05, 4.69) is 6.58 Å². The Morgan fingerprint density at radius 3 is 2.36 bits per heavy atom. The summed E-state index contributed by atoms with van der Waals surface area (Å²) >= 11 is 0. The number of rotatable bonds is 7. The minimum absolute atomic E-state index is 0.146. The van der Waals surface area contributed by atoms with E-state index in [4.69, 9.17) is 19.1 Å². The summed E-state index contributed by atoms with van der Waals surface area (Å²) in [5.41, 5.74) is -1.34. The maximum absolute atomic E-state index is 12.1. The number of carboxylic acid groups (broad SMARTS) is 1. The van der Waals surface area contributed by atoms with Crippen LogP contribution < -0.4 is 0 Å². The first-order chi connectivity index (χ1) is 11.4. The number of ether oxygens (including phenoxy) is 2. The fraction of sp³-hybridized carbons (Fsp3) is 0.267. The average molecular weight is 372 g/mol. The molecule has 9 nitrogen and oxygen atoms in total. The molecule has 136 valence electrons. The first kappa shape index (κ1) is 20.3. The summed E-state index contributed by atoms with van der Waals surface area (Å²) in [7, 11) is -4.86. The van der Waals surface area contributed by atoms with Crippen molar-refractivity contribution in [3.63, 3.8) is 0 Å². The van der Waals surface area contributed by atoms with Crippen molar-refractivity contribution < 1.29 is 41.9 Å². The van der Waals surface area contributed by atoms with Crippen LogP contribution in [0, 0.1) is 0 Å². The summed E-state index contributed by atoms with van der Waals surface area (Å²) in [6, 6.07) is 2.96. The molecule has 1 atom stereocenters. The average Bonchev–Trinajstić information content (AvgIpc) is 2.50. The van der Waals surface area contributed by atoms with Gasteiger partial charge in [-0.1, -0.05) is 12.6 Å². The molecule has 0 aliphatic rings. The van der Waals surface area contributed by atoms with Crippen molar-refractivity contribution in [2.75, 3.05) is 6.61 Å². The monoisotopic (exact) mass is 372 g/mol. The van der Waals surface area contributed by atoms with Gasteiger partial charge in [-0.3, -0.25) is 4.55 Å². The SMILES string of the molecule is C=C(C)C(=O)OCC(C)OC(=O)c1cccc(S(=O)(=O)O)c1C(=O)O. The molecule has 0 aliphatic carbocycles. The number of carbonyl (C=O) groups excluding carboxylic acids is 2. The molecule has 10 heteroatoms. The normalized spacial score (nSPS) is 12.1. The van der Waals surface area contributed by atoms with Gasteiger partial charge >= 0.3 is 17.9 Å². The maximum Gasteiger partial charge on any atom is 0.339 e. The van der Waals surface area contributed by atoms with E-state index in [1.54, 1.807) is 0 Å². The van der Waals surface area contributed by atoms with E-state index < -0.39 is 50.2 Å². The Bertz CT molecular complexity index is 823. The van der Waals surface area contributed by atoms with Gasteiger partial charge in [0.25, 0.3) is 10.1 Å². The quantitative estimate of drug-likeness (QED) is 0.411. The molecule has 0 amide bonds. The van der Waals surface area contributed by atoms with Crippen LogP contribution in [0.2, 0.25) is 0 Å². The zero-order valence-electron chi connectivity index (χ0n) is 13.4. The second kappa shape index (κ2) is 7.90. The zero-order valence-corrected chi connectivity index (χ0v) is 14.2. The first-order valence-corrected chi connectivity index (χ1v) is 8.26. The predicted octanol–water partition coefficient (Wildman–Crippen LogP) is 1.30. The first-order valence-electron chi connectivity index (χ1n) is 6.82. The number of carboxylic acids is 1. The van der Waals surface area contributed by atoms with Gasteiger partial charge in [0.05, 0.1) is 11.1 Å². The highest BCUT2D eigenvalue weighted by atomic mass is 32.2. The van der Waals surface area contributed by atoms with E-state index in [0.29, 0.717) is 0 Å². The van der Waals surface area contributed by atoms with Gasteiger partial charge in [-0.05, 0) is 26.0 Å². The molecule has 0 spiro atoms. The second-order valence-electron chi connectivity index (χ2n) is 5.05. The smallest absolute Gasteiger partial charge is 0.339 e. The van der Waals surface area contributed by atoms with Crippen LogP contribution in [0.3, 0.4) is 0 Å². The number of benzene rings is 1. The molecule has 1 rings (SSSR count). The molecule has 0 saturated heterocycles. The van der Waals surface area contributed by atoms with Gasteiger partial charge in [0.15, 0.2) is 0 Å². The molecular weight excluding hydrogens is 356 g/mol. The topological polar surface area (TPSA) is 144 Å². The fourth-order valence-corrected chi connectivity index (χ4v) is 2.44. The van der Waals surface area contributed by atoms with E-state index in [-0.39, 0.29) is 12.2 Å². The van der Waals surface area contributed by atoms with E-state index in [0.717, 1.165) is 18.2 Å². The summed E-state index contributed by atoms with van der Waals surface area (Å²) in [5, 5.41) is 9.17. The van der Waals surface area contributed by atoms with Crippen LogP contribution in [-0.4, -0.2) is 48.7 Å². The Morgan fingerprint density at radius 1 is 1.28 bits per heavy atom. The Morgan fingerprint density at radius 2 is 1.88 bits per heavy atom. The Balaban J connectivity index is 3.05. The fourth-order valence-electron chi connectivity index (χ4n) is 1.73.